The number of anilines is 1. The molecule has 3 aromatic rings. The lowest BCUT2D eigenvalue weighted by atomic mass is 10.1. The summed E-state index contributed by atoms with van der Waals surface area (Å²) < 4.78 is 57.5. The monoisotopic (exact) mass is 791 g/mol. The number of fused-ring (bicyclic) bond motifs is 1. The number of aromatic nitrogens is 4. The third-order valence-electron chi connectivity index (χ3n) is 7.94. The van der Waals surface area contributed by atoms with E-state index < -0.39 is 89.5 Å². The van der Waals surface area contributed by atoms with Crippen LogP contribution in [0.3, 0.4) is 0 Å². The number of nitrogens with zero attached hydrogens (tertiary/aromatic N) is 5. The second kappa shape index (κ2) is 14.6. The fraction of sp³-hybridized carbons (Fsp3) is 0.423. The van der Waals surface area contributed by atoms with Crippen molar-refractivity contribution >= 4 is 55.8 Å². The Labute approximate surface area is 295 Å². The van der Waals surface area contributed by atoms with Crippen LogP contribution in [0.15, 0.2) is 54.2 Å². The van der Waals surface area contributed by atoms with Crippen LogP contribution in [-0.2, 0) is 41.5 Å². The van der Waals surface area contributed by atoms with E-state index in [2.05, 4.69) is 19.3 Å². The third-order valence-corrected chi connectivity index (χ3v) is 11.4. The zero-order valence-corrected chi connectivity index (χ0v) is 28.8. The van der Waals surface area contributed by atoms with Crippen molar-refractivity contribution in [2.75, 3.05) is 18.9 Å². The number of hydrogen-bond acceptors (Lipinski definition) is 20. The van der Waals surface area contributed by atoms with Gasteiger partial charge in [-0.2, -0.15) is 4.31 Å². The van der Waals surface area contributed by atoms with Crippen molar-refractivity contribution in [2.24, 2.45) is 5.73 Å². The second-order valence-electron chi connectivity index (χ2n) is 11.4. The number of phosphoric acid groups is 2. The molecule has 2 unspecified atom stereocenters. The van der Waals surface area contributed by atoms with Crippen LogP contribution in [0, 0.1) is 0 Å². The lowest BCUT2D eigenvalue weighted by Gasteiger charge is -2.31. The number of allylic oxidation sites excluding steroid dienone is 1. The number of thiophene rings is 1. The van der Waals surface area contributed by atoms with Crippen LogP contribution in [0.4, 0.5) is 5.82 Å². The highest BCUT2D eigenvalue weighted by atomic mass is 32.1. The highest BCUT2D eigenvalue weighted by Crippen LogP contribution is 2.61. The quantitative estimate of drug-likeness (QED) is 0.0726. The van der Waals surface area contributed by atoms with Crippen molar-refractivity contribution in [3.05, 3.63) is 59.1 Å². The summed E-state index contributed by atoms with van der Waals surface area (Å²) >= 11 is 0.927. The van der Waals surface area contributed by atoms with E-state index >= 15 is 0 Å². The number of esters is 1. The van der Waals surface area contributed by atoms with E-state index in [9.17, 15) is 48.9 Å². The number of nitrogens with two attached hydrogens (primary N) is 2. The molecule has 0 aliphatic carbocycles. The first kappa shape index (κ1) is 38.0. The summed E-state index contributed by atoms with van der Waals surface area (Å²) in [6, 6.07) is 2.85. The summed E-state index contributed by atoms with van der Waals surface area (Å²) in [7, 11) is -11.3. The minimum absolute atomic E-state index is 0.0114. The Morgan fingerprint density at radius 2 is 1.81 bits per heavy atom. The predicted octanol–water partition coefficient (Wildman–Crippen LogP) is -1.44. The van der Waals surface area contributed by atoms with Crippen LogP contribution >= 0.6 is 27.0 Å². The summed E-state index contributed by atoms with van der Waals surface area (Å²) in [5.74, 6) is -4.65. The Bertz CT molecular complexity index is 1980. The number of amides is 1. The van der Waals surface area contributed by atoms with Crippen molar-refractivity contribution in [3.63, 3.8) is 0 Å². The van der Waals surface area contributed by atoms with Crippen molar-refractivity contribution in [3.8, 4) is 0 Å². The van der Waals surface area contributed by atoms with Gasteiger partial charge in [-0.1, -0.05) is 12.1 Å². The summed E-state index contributed by atoms with van der Waals surface area (Å²) in [5, 5.41) is 44.6. The van der Waals surface area contributed by atoms with Crippen LogP contribution in [-0.4, -0.2) is 122 Å². The van der Waals surface area contributed by atoms with Crippen LogP contribution in [0.25, 0.3) is 11.2 Å². The SMILES string of the molecule is NC(=O)C1=CN([C@@H]2O[C@H](COP(=O)(O)OP(=O)(O)OC[C@]3(OC(=O)c4cccs4)O[C@@H](n4cnc5c(N)ncnc54)[C@H](O)[C@@H]3O)[C@@H](O)[C@H]2O)C=CC1. The maximum Gasteiger partial charge on any atom is 0.481 e. The molecular formula is C26H31N7O16P2S. The van der Waals surface area contributed by atoms with Crippen LogP contribution in [0.1, 0.15) is 22.3 Å². The number of imidazole rings is 1. The molecule has 282 valence electrons. The molecule has 3 aliphatic rings. The number of ether oxygens (including phenoxy) is 3. The highest BCUT2D eigenvalue weighted by Gasteiger charge is 2.60. The molecule has 23 nitrogen and oxygen atoms in total. The summed E-state index contributed by atoms with van der Waals surface area (Å²) in [4.78, 5) is 58.4. The first-order valence-corrected chi connectivity index (χ1v) is 18.7. The lowest BCUT2D eigenvalue weighted by Crippen LogP contribution is -2.50. The minimum Gasteiger partial charge on any atom is -0.423 e. The maximum atomic E-state index is 13.0. The molecule has 3 aromatic heterocycles. The number of carbonyl (C=O) groups is 2. The highest BCUT2D eigenvalue weighted by molar-refractivity contribution is 7.61. The van der Waals surface area contributed by atoms with Gasteiger partial charge < -0.3 is 60.8 Å². The molecule has 6 rings (SSSR count). The zero-order valence-electron chi connectivity index (χ0n) is 26.2. The van der Waals surface area contributed by atoms with E-state index in [1.54, 1.807) is 0 Å². The summed E-state index contributed by atoms with van der Waals surface area (Å²) in [5.41, 5.74) is 11.4. The van der Waals surface area contributed by atoms with Gasteiger partial charge in [0.2, 0.25) is 5.91 Å². The molecule has 0 radical (unpaired) electrons. The van der Waals surface area contributed by atoms with E-state index in [-0.39, 0.29) is 33.9 Å². The van der Waals surface area contributed by atoms with E-state index in [0.717, 1.165) is 28.6 Å². The normalized spacial score (nSPS) is 31.3. The molecule has 3 aliphatic heterocycles. The van der Waals surface area contributed by atoms with E-state index in [4.69, 9.17) is 34.7 Å². The zero-order chi connectivity index (χ0) is 37.6. The van der Waals surface area contributed by atoms with Gasteiger partial charge in [0.1, 0.15) is 47.7 Å². The van der Waals surface area contributed by atoms with E-state index in [1.165, 1.54) is 40.9 Å². The molecule has 6 heterocycles. The van der Waals surface area contributed by atoms with Crippen molar-refractivity contribution in [1.82, 2.24) is 24.4 Å². The first-order chi connectivity index (χ1) is 24.5. The second-order valence-corrected chi connectivity index (χ2v) is 15.4. The van der Waals surface area contributed by atoms with Gasteiger partial charge in [0, 0.05) is 18.0 Å². The van der Waals surface area contributed by atoms with E-state index in [0.29, 0.717) is 0 Å². The number of nitrogen functional groups attached to an aromatic ring is 1. The number of phosphoric ester groups is 2. The van der Waals surface area contributed by atoms with Gasteiger partial charge in [-0.3, -0.25) is 18.4 Å². The molecule has 0 spiro atoms. The van der Waals surface area contributed by atoms with Crippen LogP contribution in [0.5, 0.6) is 0 Å². The number of aliphatic hydroxyl groups excluding tert-OH is 4. The molecule has 2 saturated heterocycles. The Morgan fingerprint density at radius 1 is 1.06 bits per heavy atom. The largest absolute Gasteiger partial charge is 0.481 e. The number of primary amides is 1. The molecule has 26 heteroatoms. The molecule has 0 saturated carbocycles. The fourth-order valence-electron chi connectivity index (χ4n) is 5.40. The van der Waals surface area contributed by atoms with Gasteiger partial charge in [-0.25, -0.2) is 28.9 Å². The fourth-order valence-corrected chi connectivity index (χ4v) is 8.10. The van der Waals surface area contributed by atoms with Crippen molar-refractivity contribution in [2.45, 2.75) is 55.2 Å². The molecule has 0 aromatic carbocycles. The molecule has 10 atom stereocenters. The number of hydrogen-bond donors (Lipinski definition) is 8. The van der Waals surface area contributed by atoms with Gasteiger partial charge in [0.25, 0.3) is 5.79 Å². The smallest absolute Gasteiger partial charge is 0.423 e. The number of rotatable bonds is 13. The first-order valence-electron chi connectivity index (χ1n) is 14.9. The molecule has 1 amide bonds. The molecule has 2 fully saturated rings. The molecule has 0 bridgehead atoms. The standard InChI is InChI=1S/C26H31N7O16P2S/c27-20-15-22(30-10-29-20)33(11-31-15)24-18(36)19(37)26(47-24,48-25(39)14-4-2-6-52-14)9-45-51(42,43)49-50(40,41)44-8-13-16(34)17(35)23(46-13)32-5-1-3-12(7-32)21(28)38/h1-2,4-7,10-11,13,16-19,23-24,34-37H,3,8-9H2,(H2,28,38)(H,40,41)(H,42,43)(H2,27,29,30)/t13-,16-,17-,18-,19+,23-,24-,26-/m1/s1. The molecule has 52 heavy (non-hydrogen) atoms. The van der Waals surface area contributed by atoms with Gasteiger partial charge in [-0.05, 0) is 17.9 Å². The van der Waals surface area contributed by atoms with Gasteiger partial charge in [-0.15, -0.1) is 11.3 Å². The van der Waals surface area contributed by atoms with Crippen molar-refractivity contribution in [1.29, 1.82) is 0 Å². The van der Waals surface area contributed by atoms with Gasteiger partial charge in [0.05, 0.1) is 12.9 Å². The lowest BCUT2D eigenvalue weighted by molar-refractivity contribution is -0.250. The maximum absolute atomic E-state index is 13.0. The topological polar surface area (TPSA) is 344 Å². The number of carbonyl (C=O) groups excluding carboxylic acids is 2. The average molecular weight is 792 g/mol. The van der Waals surface area contributed by atoms with Crippen molar-refractivity contribution < 1.29 is 76.5 Å². The summed E-state index contributed by atoms with van der Waals surface area (Å²) in [6.45, 7) is -2.35. The van der Waals surface area contributed by atoms with Gasteiger partial charge >= 0.3 is 21.6 Å². The molecular weight excluding hydrogens is 760 g/mol. The van der Waals surface area contributed by atoms with Crippen LogP contribution in [0.2, 0.25) is 0 Å². The Balaban J connectivity index is 1.14. The Hall–Kier alpha value is -3.71. The van der Waals surface area contributed by atoms with Gasteiger partial charge in [0.15, 0.2) is 30.0 Å². The molecule has 10 N–H and O–H groups in total. The number of aliphatic hydroxyl groups is 4. The van der Waals surface area contributed by atoms with E-state index in [1.807, 2.05) is 0 Å². The Kier molecular flexibility index (Phi) is 10.7. The summed E-state index contributed by atoms with van der Waals surface area (Å²) in [6.07, 6.45) is -5.22. The van der Waals surface area contributed by atoms with Crippen LogP contribution < -0.4 is 11.5 Å². The Morgan fingerprint density at radius 3 is 2.52 bits per heavy atom. The predicted molar refractivity (Wildman–Crippen MR) is 171 cm³/mol. The third kappa shape index (κ3) is 7.67. The average Bonchev–Trinajstić information content (AvgIpc) is 3.88. The minimum atomic E-state index is -5.70.